The third kappa shape index (κ3) is 4.92. The number of amides is 2. The lowest BCUT2D eigenvalue weighted by Crippen LogP contribution is -2.36. The molecule has 2 amide bonds. The van der Waals surface area contributed by atoms with E-state index in [2.05, 4.69) is 0 Å². The average molecular weight is 550 g/mol. The van der Waals surface area contributed by atoms with E-state index in [9.17, 15) is 24.5 Å². The minimum atomic E-state index is -1.07. The highest BCUT2D eigenvalue weighted by molar-refractivity contribution is 6.07. The number of nitro benzene ring substituents is 1. The molecule has 3 atom stereocenters. The lowest BCUT2D eigenvalue weighted by atomic mass is 9.90. The minimum Gasteiger partial charge on any atom is -0.423 e. The molecular formula is C31H23N3O7. The summed E-state index contributed by atoms with van der Waals surface area (Å²) < 4.78 is 5.50. The normalized spacial score (nSPS) is 19.8. The second kappa shape index (κ2) is 10.7. The van der Waals surface area contributed by atoms with Crippen LogP contribution in [0.25, 0.3) is 0 Å². The van der Waals surface area contributed by atoms with Crippen LogP contribution < -0.4 is 9.80 Å². The van der Waals surface area contributed by atoms with Crippen LogP contribution in [0.15, 0.2) is 109 Å². The first-order valence-electron chi connectivity index (χ1n) is 12.9. The number of non-ortho nitro benzene ring substituents is 1. The van der Waals surface area contributed by atoms with E-state index < -0.39 is 34.9 Å². The fourth-order valence-electron chi connectivity index (χ4n) is 5.15. The Morgan fingerprint density at radius 1 is 0.829 bits per heavy atom. The van der Waals surface area contributed by atoms with E-state index in [1.165, 1.54) is 34.2 Å². The number of hydroxylamine groups is 1. The molecule has 0 N–H and O–H groups in total. The largest absolute Gasteiger partial charge is 0.423 e. The van der Waals surface area contributed by atoms with Crippen molar-refractivity contribution < 1.29 is 28.9 Å². The summed E-state index contributed by atoms with van der Waals surface area (Å²) in [4.78, 5) is 57.6. The summed E-state index contributed by atoms with van der Waals surface area (Å²) in [5, 5.41) is 12.6. The lowest BCUT2D eigenvalue weighted by Gasteiger charge is -2.28. The quantitative estimate of drug-likeness (QED) is 0.105. The Balaban J connectivity index is 1.31. The topological polar surface area (TPSA) is 119 Å². The molecule has 204 valence electrons. The molecule has 10 heteroatoms. The number of ether oxygens (including phenoxy) is 1. The number of imide groups is 1. The molecule has 3 unspecified atom stereocenters. The second-order valence-electron chi connectivity index (χ2n) is 9.67. The summed E-state index contributed by atoms with van der Waals surface area (Å²) in [6.45, 7) is 0.119. The average Bonchev–Trinajstić information content (AvgIpc) is 3.50. The molecule has 0 radical (unpaired) electrons. The first-order chi connectivity index (χ1) is 19.9. The summed E-state index contributed by atoms with van der Waals surface area (Å²) in [6.07, 6.45) is -1.07. The summed E-state index contributed by atoms with van der Waals surface area (Å²) in [6, 6.07) is 29.4. The molecule has 2 aliphatic rings. The molecule has 2 aliphatic heterocycles. The van der Waals surface area contributed by atoms with Crippen LogP contribution in [0.2, 0.25) is 0 Å². The molecule has 2 fully saturated rings. The Bertz CT molecular complexity index is 1610. The maximum absolute atomic E-state index is 13.7. The van der Waals surface area contributed by atoms with Crippen molar-refractivity contribution in [3.05, 3.63) is 136 Å². The monoisotopic (exact) mass is 549 g/mol. The predicted molar refractivity (Wildman–Crippen MR) is 147 cm³/mol. The maximum Gasteiger partial charge on any atom is 0.343 e. The van der Waals surface area contributed by atoms with Gasteiger partial charge in [0.15, 0.2) is 6.10 Å². The number of nitrogens with zero attached hydrogens (tertiary/aromatic N) is 3. The number of carbonyl (C=O) groups excluding carboxylic acids is 3. The molecule has 0 aliphatic carbocycles. The molecule has 4 aromatic rings. The van der Waals surface area contributed by atoms with Gasteiger partial charge in [-0.15, -0.1) is 0 Å². The van der Waals surface area contributed by atoms with E-state index in [-0.39, 0.29) is 18.1 Å². The molecule has 41 heavy (non-hydrogen) atoms. The fraction of sp³-hybridized carbons (Fsp3) is 0.129. The van der Waals surface area contributed by atoms with Crippen molar-refractivity contribution in [1.29, 1.82) is 0 Å². The number of nitro groups is 1. The second-order valence-corrected chi connectivity index (χ2v) is 9.67. The van der Waals surface area contributed by atoms with Crippen molar-refractivity contribution >= 4 is 29.2 Å². The van der Waals surface area contributed by atoms with Crippen LogP contribution in [-0.4, -0.2) is 33.7 Å². The minimum absolute atomic E-state index is 0.101. The molecule has 0 spiro atoms. The van der Waals surface area contributed by atoms with E-state index in [0.717, 1.165) is 5.56 Å². The summed E-state index contributed by atoms with van der Waals surface area (Å²) in [7, 11) is 0. The van der Waals surface area contributed by atoms with Gasteiger partial charge in [-0.3, -0.25) is 29.4 Å². The maximum atomic E-state index is 13.7. The summed E-state index contributed by atoms with van der Waals surface area (Å²) in [5.74, 6) is -1.90. The van der Waals surface area contributed by atoms with Crippen molar-refractivity contribution in [3.8, 4) is 5.75 Å². The van der Waals surface area contributed by atoms with Gasteiger partial charge in [-0.1, -0.05) is 60.7 Å². The van der Waals surface area contributed by atoms with Gasteiger partial charge in [0.2, 0.25) is 5.91 Å². The molecular weight excluding hydrogens is 526 g/mol. The van der Waals surface area contributed by atoms with E-state index in [0.29, 0.717) is 22.6 Å². The number of benzene rings is 4. The highest BCUT2D eigenvalue weighted by Gasteiger charge is 2.59. The highest BCUT2D eigenvalue weighted by Crippen LogP contribution is 2.47. The van der Waals surface area contributed by atoms with Crippen molar-refractivity contribution in [2.75, 3.05) is 5.06 Å². The molecule has 0 bridgehead atoms. The Hall–Kier alpha value is -5.35. The van der Waals surface area contributed by atoms with E-state index in [1.807, 2.05) is 30.3 Å². The Morgan fingerprint density at radius 2 is 1.46 bits per heavy atom. The van der Waals surface area contributed by atoms with Crippen molar-refractivity contribution in [2.45, 2.75) is 18.7 Å². The van der Waals surface area contributed by atoms with Gasteiger partial charge >= 0.3 is 5.97 Å². The van der Waals surface area contributed by atoms with Crippen LogP contribution >= 0.6 is 0 Å². The van der Waals surface area contributed by atoms with Crippen molar-refractivity contribution in [2.24, 2.45) is 5.92 Å². The highest BCUT2D eigenvalue weighted by atomic mass is 16.7. The van der Waals surface area contributed by atoms with E-state index in [4.69, 9.17) is 9.57 Å². The smallest absolute Gasteiger partial charge is 0.343 e. The number of hydrogen-bond acceptors (Lipinski definition) is 8. The first-order valence-corrected chi connectivity index (χ1v) is 12.9. The predicted octanol–water partition coefficient (Wildman–Crippen LogP) is 4.86. The van der Waals surface area contributed by atoms with Crippen LogP contribution in [0, 0.1) is 16.0 Å². The molecule has 0 saturated carbocycles. The van der Waals surface area contributed by atoms with Crippen LogP contribution in [0.1, 0.15) is 27.5 Å². The molecule has 4 aromatic carbocycles. The zero-order valence-electron chi connectivity index (χ0n) is 21.5. The van der Waals surface area contributed by atoms with E-state index in [1.54, 1.807) is 54.6 Å². The summed E-state index contributed by atoms with van der Waals surface area (Å²) >= 11 is 0. The molecule has 2 saturated heterocycles. The third-order valence-electron chi connectivity index (χ3n) is 7.15. The fourth-order valence-corrected chi connectivity index (χ4v) is 5.15. The number of fused-ring (bicyclic) bond motifs is 1. The number of esters is 1. The van der Waals surface area contributed by atoms with Crippen molar-refractivity contribution in [3.63, 3.8) is 0 Å². The van der Waals surface area contributed by atoms with Gasteiger partial charge < -0.3 is 4.74 Å². The van der Waals surface area contributed by atoms with Crippen LogP contribution in [0.5, 0.6) is 5.75 Å². The lowest BCUT2D eigenvalue weighted by molar-refractivity contribution is -0.384. The van der Waals surface area contributed by atoms with Gasteiger partial charge in [0.1, 0.15) is 11.7 Å². The van der Waals surface area contributed by atoms with E-state index >= 15 is 0 Å². The molecule has 10 nitrogen and oxygen atoms in total. The Kier molecular flexibility index (Phi) is 6.74. The van der Waals surface area contributed by atoms with Crippen molar-refractivity contribution in [1.82, 2.24) is 4.90 Å². The van der Waals surface area contributed by atoms with Gasteiger partial charge in [-0.25, -0.2) is 9.86 Å². The molecule has 6 rings (SSSR count). The van der Waals surface area contributed by atoms with Gasteiger partial charge in [0.05, 0.1) is 28.8 Å². The van der Waals surface area contributed by atoms with Gasteiger partial charge in [-0.2, -0.15) is 0 Å². The van der Waals surface area contributed by atoms with Crippen LogP contribution in [0.4, 0.5) is 11.4 Å². The number of carbonyl (C=O) groups is 3. The van der Waals surface area contributed by atoms with Gasteiger partial charge in [-0.05, 0) is 47.5 Å². The number of rotatable bonds is 7. The SMILES string of the molecule is O=C(Oc1ccc(C2C3C(=O)N(Cc4ccccc4)C(=O)C3ON2c2ccc([N+](=O)[O-])cc2)cc1)c1ccccc1. The number of hydrogen-bond donors (Lipinski definition) is 0. The first kappa shape index (κ1) is 25.9. The van der Waals surface area contributed by atoms with Crippen LogP contribution in [0.3, 0.4) is 0 Å². The zero-order chi connectivity index (χ0) is 28.5. The Labute approximate surface area is 234 Å². The Morgan fingerprint density at radius 3 is 2.10 bits per heavy atom. The summed E-state index contributed by atoms with van der Waals surface area (Å²) in [5.41, 5.74) is 2.20. The van der Waals surface area contributed by atoms with Crippen LogP contribution in [-0.2, 0) is 21.0 Å². The standard InChI is InChI=1S/C31H23N3O7/c35-29-26-27(21-11-17-25(18-12-21)40-31(37)22-9-5-2-6-10-22)33(23-13-15-24(16-14-23)34(38)39)41-28(26)30(36)32(29)19-20-7-3-1-4-8-20/h1-18,26-28H,19H2. The zero-order valence-corrected chi connectivity index (χ0v) is 21.5. The third-order valence-corrected chi connectivity index (χ3v) is 7.15. The number of likely N-dealkylation sites (tertiary alicyclic amines) is 1. The van der Waals surface area contributed by atoms with Gasteiger partial charge in [0, 0.05) is 12.1 Å². The number of anilines is 1. The van der Waals surface area contributed by atoms with Gasteiger partial charge in [0.25, 0.3) is 11.6 Å². The molecule has 0 aromatic heterocycles. The molecule has 2 heterocycles.